The van der Waals surface area contributed by atoms with Crippen LogP contribution in [0.5, 0.6) is 5.75 Å². The van der Waals surface area contributed by atoms with E-state index in [-0.39, 0.29) is 12.4 Å². The number of halogens is 1. The first-order chi connectivity index (χ1) is 5.86. The van der Waals surface area contributed by atoms with Gasteiger partial charge in [0.2, 0.25) is 0 Å². The van der Waals surface area contributed by atoms with E-state index in [1.807, 2.05) is 24.3 Å². The van der Waals surface area contributed by atoms with E-state index in [4.69, 9.17) is 4.74 Å². The van der Waals surface area contributed by atoms with Crippen LogP contribution in [0.25, 0.3) is 0 Å². The topological polar surface area (TPSA) is 9.23 Å². The van der Waals surface area contributed by atoms with Crippen molar-refractivity contribution in [3.05, 3.63) is 41.7 Å². The lowest BCUT2D eigenvalue weighted by Gasteiger charge is -2.04. The molecule has 0 aromatic heterocycles. The van der Waals surface area contributed by atoms with Crippen molar-refractivity contribution in [1.29, 1.82) is 0 Å². The number of fused-ring (bicyclic) bond motifs is 1. The van der Waals surface area contributed by atoms with Crippen LogP contribution in [-0.2, 0) is 6.42 Å². The van der Waals surface area contributed by atoms with Gasteiger partial charge in [-0.15, -0.1) is 0 Å². The number of hydrogen-bond acceptors (Lipinski definition) is 1. The van der Waals surface area contributed by atoms with Crippen LogP contribution < -0.4 is 4.74 Å². The Hall–Kier alpha value is -1.31. The van der Waals surface area contributed by atoms with Crippen molar-refractivity contribution in [2.24, 2.45) is 0 Å². The molecular formula is C10H9FO. The molecule has 0 aliphatic carbocycles. The molecule has 0 saturated heterocycles. The van der Waals surface area contributed by atoms with Crippen LogP contribution in [-0.4, -0.2) is 6.61 Å². The van der Waals surface area contributed by atoms with E-state index in [0.717, 1.165) is 11.3 Å². The van der Waals surface area contributed by atoms with Crippen molar-refractivity contribution in [2.75, 3.05) is 6.61 Å². The molecule has 1 nitrogen and oxygen atoms in total. The van der Waals surface area contributed by atoms with Gasteiger partial charge in [0.25, 0.3) is 0 Å². The van der Waals surface area contributed by atoms with Crippen LogP contribution in [0.3, 0.4) is 0 Å². The predicted molar refractivity (Wildman–Crippen MR) is 44.8 cm³/mol. The molecule has 0 bridgehead atoms. The molecule has 0 saturated carbocycles. The maximum absolute atomic E-state index is 12.7. The number of rotatable bonds is 0. The fourth-order valence-electron chi connectivity index (χ4n) is 1.24. The fraction of sp³-hybridized carbons (Fsp3) is 0.200. The third-order valence-corrected chi connectivity index (χ3v) is 1.88. The number of para-hydroxylation sites is 1. The summed E-state index contributed by atoms with van der Waals surface area (Å²) >= 11 is 0. The summed E-state index contributed by atoms with van der Waals surface area (Å²) in [4.78, 5) is 0. The van der Waals surface area contributed by atoms with Crippen LogP contribution >= 0.6 is 0 Å². The molecule has 1 aromatic rings. The number of benzene rings is 1. The molecule has 62 valence electrons. The van der Waals surface area contributed by atoms with E-state index in [1.54, 1.807) is 6.08 Å². The molecule has 12 heavy (non-hydrogen) atoms. The van der Waals surface area contributed by atoms with Crippen molar-refractivity contribution in [1.82, 2.24) is 0 Å². The van der Waals surface area contributed by atoms with Crippen molar-refractivity contribution in [3.8, 4) is 5.75 Å². The monoisotopic (exact) mass is 164 g/mol. The molecule has 1 aromatic carbocycles. The maximum Gasteiger partial charge on any atom is 0.139 e. The van der Waals surface area contributed by atoms with Gasteiger partial charge in [-0.1, -0.05) is 18.2 Å². The van der Waals surface area contributed by atoms with Crippen molar-refractivity contribution >= 4 is 0 Å². The molecule has 0 N–H and O–H groups in total. The summed E-state index contributed by atoms with van der Waals surface area (Å²) in [6.45, 7) is 0.0665. The molecule has 0 fully saturated rings. The lowest BCUT2D eigenvalue weighted by atomic mass is 10.1. The predicted octanol–water partition coefficient (Wildman–Crippen LogP) is 2.47. The second-order valence-electron chi connectivity index (χ2n) is 2.75. The van der Waals surface area contributed by atoms with Gasteiger partial charge in [-0.05, 0) is 24.1 Å². The Morgan fingerprint density at radius 1 is 1.25 bits per heavy atom. The largest absolute Gasteiger partial charge is 0.486 e. The Balaban J connectivity index is 2.35. The van der Waals surface area contributed by atoms with Gasteiger partial charge in [-0.25, -0.2) is 4.39 Å². The average molecular weight is 164 g/mol. The SMILES string of the molecule is FC1=CCc2ccccc2OC1. The van der Waals surface area contributed by atoms with E-state index in [1.165, 1.54) is 0 Å². The zero-order valence-corrected chi connectivity index (χ0v) is 6.59. The summed E-state index contributed by atoms with van der Waals surface area (Å²) in [7, 11) is 0. The Kier molecular flexibility index (Phi) is 1.82. The van der Waals surface area contributed by atoms with E-state index >= 15 is 0 Å². The zero-order chi connectivity index (χ0) is 8.39. The van der Waals surface area contributed by atoms with Crippen molar-refractivity contribution in [2.45, 2.75) is 6.42 Å². The Bertz CT molecular complexity index is 317. The molecule has 1 aliphatic rings. The van der Waals surface area contributed by atoms with E-state index < -0.39 is 0 Å². The second-order valence-corrected chi connectivity index (χ2v) is 2.75. The van der Waals surface area contributed by atoms with E-state index in [0.29, 0.717) is 6.42 Å². The van der Waals surface area contributed by atoms with Gasteiger partial charge >= 0.3 is 0 Å². The van der Waals surface area contributed by atoms with Crippen molar-refractivity contribution < 1.29 is 9.13 Å². The van der Waals surface area contributed by atoms with E-state index in [9.17, 15) is 4.39 Å². The molecule has 1 heterocycles. The molecule has 0 spiro atoms. The summed E-state index contributed by atoms with van der Waals surface area (Å²) in [5.41, 5.74) is 1.05. The summed E-state index contributed by atoms with van der Waals surface area (Å²) < 4.78 is 18.0. The van der Waals surface area contributed by atoms with Crippen LogP contribution in [0.2, 0.25) is 0 Å². The normalized spacial score (nSPS) is 15.6. The number of hydrogen-bond donors (Lipinski definition) is 0. The average Bonchev–Trinajstić information content (AvgIpc) is 2.29. The zero-order valence-electron chi connectivity index (χ0n) is 6.59. The molecule has 0 radical (unpaired) electrons. The summed E-state index contributed by atoms with van der Waals surface area (Å²) in [6, 6.07) is 7.63. The molecule has 0 atom stereocenters. The molecule has 2 heteroatoms. The lowest BCUT2D eigenvalue weighted by molar-refractivity contribution is 0.320. The lowest BCUT2D eigenvalue weighted by Crippen LogP contribution is -1.96. The number of ether oxygens (including phenoxy) is 1. The molecule has 1 aliphatic heterocycles. The van der Waals surface area contributed by atoms with Gasteiger partial charge in [0, 0.05) is 0 Å². The van der Waals surface area contributed by atoms with Crippen LogP contribution in [0.15, 0.2) is 36.2 Å². The molecule has 2 rings (SSSR count). The third-order valence-electron chi connectivity index (χ3n) is 1.88. The first-order valence-electron chi connectivity index (χ1n) is 3.91. The van der Waals surface area contributed by atoms with Gasteiger partial charge in [0.15, 0.2) is 0 Å². The highest BCUT2D eigenvalue weighted by atomic mass is 19.1. The fourth-order valence-corrected chi connectivity index (χ4v) is 1.24. The number of allylic oxidation sites excluding steroid dienone is 1. The molecule has 0 unspecified atom stereocenters. The first kappa shape index (κ1) is 7.35. The molecular weight excluding hydrogens is 155 g/mol. The van der Waals surface area contributed by atoms with Crippen molar-refractivity contribution in [3.63, 3.8) is 0 Å². The Morgan fingerprint density at radius 2 is 2.08 bits per heavy atom. The van der Waals surface area contributed by atoms with Gasteiger partial charge in [-0.3, -0.25) is 0 Å². The maximum atomic E-state index is 12.7. The minimum atomic E-state index is -0.189. The summed E-state index contributed by atoms with van der Waals surface area (Å²) in [5, 5.41) is 0. The highest BCUT2D eigenvalue weighted by Gasteiger charge is 2.07. The summed E-state index contributed by atoms with van der Waals surface area (Å²) in [6.07, 6.45) is 2.19. The van der Waals surface area contributed by atoms with Gasteiger partial charge in [0.1, 0.15) is 18.2 Å². The smallest absolute Gasteiger partial charge is 0.139 e. The Labute approximate surface area is 70.5 Å². The highest BCUT2D eigenvalue weighted by Crippen LogP contribution is 2.22. The van der Waals surface area contributed by atoms with E-state index in [2.05, 4.69) is 0 Å². The highest BCUT2D eigenvalue weighted by molar-refractivity contribution is 5.36. The second kappa shape index (κ2) is 2.97. The molecule has 0 amide bonds. The van der Waals surface area contributed by atoms with Gasteiger partial charge < -0.3 is 4.74 Å². The Morgan fingerprint density at radius 3 is 3.00 bits per heavy atom. The minimum Gasteiger partial charge on any atom is -0.486 e. The summed E-state index contributed by atoms with van der Waals surface area (Å²) in [5.74, 6) is 0.604. The third kappa shape index (κ3) is 1.33. The minimum absolute atomic E-state index is 0.0665. The first-order valence-corrected chi connectivity index (χ1v) is 3.91. The van der Waals surface area contributed by atoms with Crippen LogP contribution in [0.1, 0.15) is 5.56 Å². The van der Waals surface area contributed by atoms with Crippen LogP contribution in [0, 0.1) is 0 Å². The standard InChI is InChI=1S/C10H9FO/c11-9-6-5-8-3-1-2-4-10(8)12-7-9/h1-4,6H,5,7H2. The van der Waals surface area contributed by atoms with Gasteiger partial charge in [0.05, 0.1) is 0 Å². The quantitative estimate of drug-likeness (QED) is 0.572. The van der Waals surface area contributed by atoms with Gasteiger partial charge in [-0.2, -0.15) is 0 Å². The van der Waals surface area contributed by atoms with Crippen LogP contribution in [0.4, 0.5) is 4.39 Å².